The van der Waals surface area contributed by atoms with Gasteiger partial charge in [-0.25, -0.2) is 4.39 Å². The van der Waals surface area contributed by atoms with Crippen molar-refractivity contribution in [2.24, 2.45) is 5.92 Å². The van der Waals surface area contributed by atoms with Crippen LogP contribution in [0.3, 0.4) is 0 Å². The molecule has 1 aromatic heterocycles. The van der Waals surface area contributed by atoms with Crippen LogP contribution in [0.4, 0.5) is 10.4 Å². The fourth-order valence-corrected chi connectivity index (χ4v) is 5.48. The first-order chi connectivity index (χ1) is 17.5. The van der Waals surface area contributed by atoms with Gasteiger partial charge in [-0.2, -0.15) is 4.98 Å². The average molecular weight is 482 g/mol. The van der Waals surface area contributed by atoms with Crippen molar-refractivity contribution in [2.45, 2.75) is 26.3 Å². The number of amides is 1. The number of fused-ring (bicyclic) bond motifs is 1. The summed E-state index contributed by atoms with van der Waals surface area (Å²) in [6.45, 7) is 6.17. The molecule has 2 fully saturated rings. The highest BCUT2D eigenvalue weighted by Gasteiger charge is 2.46. The number of nitrogens with zero attached hydrogens (tertiary/aromatic N) is 3. The normalized spacial score (nSPS) is 19.1. The first-order valence-electron chi connectivity index (χ1n) is 12.4. The van der Waals surface area contributed by atoms with Gasteiger partial charge in [0, 0.05) is 36.7 Å². The number of hydrogen-bond acceptors (Lipinski definition) is 4. The summed E-state index contributed by atoms with van der Waals surface area (Å²) in [6, 6.07) is 23.2. The van der Waals surface area contributed by atoms with Crippen molar-refractivity contribution in [2.75, 3.05) is 24.5 Å². The second-order valence-corrected chi connectivity index (χ2v) is 9.86. The molecule has 3 heterocycles. The van der Waals surface area contributed by atoms with E-state index >= 15 is 0 Å². The Hall–Kier alpha value is -3.93. The Morgan fingerprint density at radius 2 is 1.78 bits per heavy atom. The quantitative estimate of drug-likeness (QED) is 0.353. The third kappa shape index (κ3) is 3.96. The van der Waals surface area contributed by atoms with Crippen LogP contribution in [0.2, 0.25) is 0 Å². The number of halogens is 1. The highest BCUT2D eigenvalue weighted by atomic mass is 19.1. The molecule has 5 nitrogen and oxygen atoms in total. The molecule has 3 aromatic carbocycles. The number of piperidine rings is 1. The second-order valence-electron chi connectivity index (χ2n) is 9.86. The lowest BCUT2D eigenvalue weighted by atomic mass is 9.81. The minimum atomic E-state index is -0.305. The zero-order valence-corrected chi connectivity index (χ0v) is 20.4. The van der Waals surface area contributed by atoms with Crippen LogP contribution >= 0.6 is 0 Å². The summed E-state index contributed by atoms with van der Waals surface area (Å²) in [6.07, 6.45) is 0.977. The number of benzene rings is 3. The van der Waals surface area contributed by atoms with Crippen LogP contribution in [0.1, 0.15) is 28.0 Å². The molecule has 0 N–H and O–H groups in total. The molecular weight excluding hydrogens is 453 g/mol. The maximum atomic E-state index is 13.8. The zero-order valence-electron chi connectivity index (χ0n) is 20.4. The van der Waals surface area contributed by atoms with E-state index in [9.17, 15) is 9.18 Å². The van der Waals surface area contributed by atoms with E-state index in [-0.39, 0.29) is 17.8 Å². The molecule has 2 saturated heterocycles. The van der Waals surface area contributed by atoms with Crippen LogP contribution in [0.5, 0.6) is 0 Å². The van der Waals surface area contributed by atoms with Crippen molar-refractivity contribution in [1.29, 1.82) is 0 Å². The van der Waals surface area contributed by atoms with Gasteiger partial charge in [0.2, 0.25) is 0 Å². The summed E-state index contributed by atoms with van der Waals surface area (Å²) in [5, 5.41) is 0. The molecule has 6 rings (SSSR count). The number of anilines is 1. The zero-order chi connectivity index (χ0) is 24.8. The monoisotopic (exact) mass is 481 g/mol. The Balaban J connectivity index is 1.24. The van der Waals surface area contributed by atoms with Crippen molar-refractivity contribution in [3.63, 3.8) is 0 Å². The van der Waals surface area contributed by atoms with Crippen LogP contribution < -0.4 is 4.90 Å². The molecule has 182 valence electrons. The van der Waals surface area contributed by atoms with Gasteiger partial charge in [0.25, 0.3) is 11.9 Å². The first-order valence-corrected chi connectivity index (χ1v) is 12.4. The second kappa shape index (κ2) is 8.94. The predicted molar refractivity (Wildman–Crippen MR) is 138 cm³/mol. The maximum absolute atomic E-state index is 13.8. The molecule has 36 heavy (non-hydrogen) atoms. The molecule has 0 spiro atoms. The number of rotatable bonds is 4. The lowest BCUT2D eigenvalue weighted by Gasteiger charge is -2.53. The maximum Gasteiger partial charge on any atom is 0.298 e. The third-order valence-electron chi connectivity index (χ3n) is 7.45. The highest BCUT2D eigenvalue weighted by molar-refractivity contribution is 6.01. The Morgan fingerprint density at radius 1 is 0.972 bits per heavy atom. The molecule has 4 aromatic rings. The van der Waals surface area contributed by atoms with Gasteiger partial charge in [-0.1, -0.05) is 60.2 Å². The summed E-state index contributed by atoms with van der Waals surface area (Å²) in [5.41, 5.74) is 5.23. The van der Waals surface area contributed by atoms with E-state index in [0.29, 0.717) is 29.8 Å². The lowest BCUT2D eigenvalue weighted by Crippen LogP contribution is -2.65. The number of carbonyl (C=O) groups is 1. The molecule has 6 heteroatoms. The smallest absolute Gasteiger partial charge is 0.298 e. The highest BCUT2D eigenvalue weighted by Crippen LogP contribution is 2.38. The van der Waals surface area contributed by atoms with Crippen molar-refractivity contribution >= 4 is 11.9 Å². The molecule has 0 bridgehead atoms. The number of carbonyl (C=O) groups excluding carboxylic acids is 1. The van der Waals surface area contributed by atoms with Gasteiger partial charge in [-0.15, -0.1) is 0 Å². The van der Waals surface area contributed by atoms with Crippen LogP contribution in [0.25, 0.3) is 22.5 Å². The molecule has 2 aliphatic rings. The minimum absolute atomic E-state index is 0.0738. The number of hydrogen-bond donors (Lipinski definition) is 0. The average Bonchev–Trinajstić information content (AvgIpc) is 3.26. The van der Waals surface area contributed by atoms with E-state index in [4.69, 9.17) is 4.42 Å². The van der Waals surface area contributed by atoms with E-state index in [1.165, 1.54) is 12.1 Å². The lowest BCUT2D eigenvalue weighted by molar-refractivity contribution is 0.00731. The van der Waals surface area contributed by atoms with Crippen LogP contribution in [-0.4, -0.2) is 41.5 Å². The predicted octanol–water partition coefficient (Wildman–Crippen LogP) is 6.12. The van der Waals surface area contributed by atoms with E-state index in [1.807, 2.05) is 67.3 Å². The van der Waals surface area contributed by atoms with Gasteiger partial charge in [0.1, 0.15) is 5.82 Å². The summed E-state index contributed by atoms with van der Waals surface area (Å²) >= 11 is 0. The number of likely N-dealkylation sites (tertiary alicyclic amines) is 1. The standard InChI is InChI=1S/C30H28FN3O2/c1-19-11-12-25(21-7-4-3-5-8-21)26(15-19)29(35)34-17-23-13-14-33(18-27(23)34)30-32-20(2)28(36-30)22-9-6-10-24(31)16-22/h3-12,15-16,23,27H,13-14,17-18H2,1-2H3/t23-,27-/m0/s1. The molecule has 0 saturated carbocycles. The molecule has 0 aliphatic carbocycles. The van der Waals surface area contributed by atoms with Crippen molar-refractivity contribution < 1.29 is 13.6 Å². The van der Waals surface area contributed by atoms with Crippen LogP contribution in [0, 0.1) is 25.6 Å². The van der Waals surface area contributed by atoms with Crippen LogP contribution in [-0.2, 0) is 0 Å². The largest absolute Gasteiger partial charge is 0.423 e. The van der Waals surface area contributed by atoms with Crippen molar-refractivity contribution in [3.8, 4) is 22.5 Å². The van der Waals surface area contributed by atoms with Gasteiger partial charge in [-0.05, 0) is 49.6 Å². The third-order valence-corrected chi connectivity index (χ3v) is 7.45. The number of aryl methyl sites for hydroxylation is 2. The Kier molecular flexibility index (Phi) is 5.59. The van der Waals surface area contributed by atoms with Crippen LogP contribution in [0.15, 0.2) is 77.2 Å². The van der Waals surface area contributed by atoms with Gasteiger partial charge in [-0.3, -0.25) is 4.79 Å². The van der Waals surface area contributed by atoms with E-state index in [2.05, 4.69) is 16.0 Å². The fourth-order valence-electron chi connectivity index (χ4n) is 5.48. The SMILES string of the molecule is Cc1ccc(-c2ccccc2)c(C(=O)N2C[C@@H]3CCN(c4nc(C)c(-c5cccc(F)c5)o4)C[C@@H]32)c1. The molecule has 0 radical (unpaired) electrons. The van der Waals surface area contributed by atoms with E-state index < -0.39 is 0 Å². The molecule has 2 atom stereocenters. The van der Waals surface area contributed by atoms with E-state index in [1.54, 1.807) is 6.07 Å². The summed E-state index contributed by atoms with van der Waals surface area (Å²) in [5.74, 6) is 0.833. The van der Waals surface area contributed by atoms with Gasteiger partial charge < -0.3 is 14.2 Å². The van der Waals surface area contributed by atoms with Gasteiger partial charge >= 0.3 is 0 Å². The Bertz CT molecular complexity index is 1430. The summed E-state index contributed by atoms with van der Waals surface area (Å²) in [7, 11) is 0. The molecule has 0 unspecified atom stereocenters. The van der Waals surface area contributed by atoms with Crippen molar-refractivity contribution in [3.05, 3.63) is 95.4 Å². The number of aromatic nitrogens is 1. The Morgan fingerprint density at radius 3 is 2.58 bits per heavy atom. The summed E-state index contributed by atoms with van der Waals surface area (Å²) < 4.78 is 19.9. The minimum Gasteiger partial charge on any atom is -0.423 e. The van der Waals surface area contributed by atoms with Gasteiger partial charge in [0.15, 0.2) is 5.76 Å². The fraction of sp³-hybridized carbons (Fsp3) is 0.267. The number of oxazole rings is 1. The van der Waals surface area contributed by atoms with Gasteiger partial charge in [0.05, 0.1) is 11.7 Å². The summed E-state index contributed by atoms with van der Waals surface area (Å²) in [4.78, 5) is 22.5. The molecular formula is C30H28FN3O2. The van der Waals surface area contributed by atoms with Crippen molar-refractivity contribution in [1.82, 2.24) is 9.88 Å². The first kappa shape index (κ1) is 22.5. The topological polar surface area (TPSA) is 49.6 Å². The Labute approximate surface area is 210 Å². The van der Waals surface area contributed by atoms with E-state index in [0.717, 1.165) is 47.5 Å². The molecule has 2 aliphatic heterocycles. The molecule has 1 amide bonds.